The molecule has 1 aromatic heterocycles. The van der Waals surface area contributed by atoms with Crippen LogP contribution in [0, 0.1) is 0 Å². The predicted octanol–water partition coefficient (Wildman–Crippen LogP) is 3.09. The summed E-state index contributed by atoms with van der Waals surface area (Å²) in [7, 11) is 0. The lowest BCUT2D eigenvalue weighted by molar-refractivity contribution is 0.128. The number of nitrogens with two attached hydrogens (primary N) is 1. The van der Waals surface area contributed by atoms with E-state index in [1.165, 1.54) is 4.88 Å². The van der Waals surface area contributed by atoms with Crippen molar-refractivity contribution in [2.24, 2.45) is 5.73 Å². The summed E-state index contributed by atoms with van der Waals surface area (Å²) in [5, 5.41) is 0. The molecule has 0 aliphatic heterocycles. The zero-order valence-electron chi connectivity index (χ0n) is 9.04. The number of rotatable bonds is 7. The Labute approximate surface area is 100 Å². The van der Waals surface area contributed by atoms with Crippen molar-refractivity contribution in [2.75, 3.05) is 13.2 Å². The molecule has 2 nitrogen and oxygen atoms in total. The third-order valence-corrected chi connectivity index (χ3v) is 3.33. The van der Waals surface area contributed by atoms with Gasteiger partial charge >= 0.3 is 0 Å². The zero-order valence-corrected chi connectivity index (χ0v) is 10.6. The number of hydrogen-bond acceptors (Lipinski definition) is 3. The van der Waals surface area contributed by atoms with E-state index in [2.05, 4.69) is 6.92 Å². The first kappa shape index (κ1) is 13.0. The molecular weight excluding hydrogens is 230 g/mol. The molecule has 4 heteroatoms. The van der Waals surface area contributed by atoms with Crippen molar-refractivity contribution in [2.45, 2.75) is 32.2 Å². The summed E-state index contributed by atoms with van der Waals surface area (Å²) in [6.45, 7) is 3.69. The van der Waals surface area contributed by atoms with Crippen LogP contribution in [0.1, 0.15) is 24.6 Å². The monoisotopic (exact) mass is 247 g/mol. The maximum atomic E-state index is 5.98. The van der Waals surface area contributed by atoms with Gasteiger partial charge in [0.2, 0.25) is 0 Å². The Kier molecular flexibility index (Phi) is 6.25. The highest BCUT2D eigenvalue weighted by Crippen LogP contribution is 2.22. The van der Waals surface area contributed by atoms with Crippen molar-refractivity contribution < 1.29 is 4.74 Å². The van der Waals surface area contributed by atoms with Crippen LogP contribution in [0.2, 0.25) is 4.34 Å². The minimum Gasteiger partial charge on any atom is -0.381 e. The molecule has 0 aliphatic carbocycles. The van der Waals surface area contributed by atoms with Gasteiger partial charge in [0, 0.05) is 24.1 Å². The summed E-state index contributed by atoms with van der Waals surface area (Å²) < 4.78 is 6.23. The topological polar surface area (TPSA) is 35.2 Å². The highest BCUT2D eigenvalue weighted by Gasteiger charge is 2.06. The van der Waals surface area contributed by atoms with E-state index in [4.69, 9.17) is 22.1 Å². The number of halogens is 1. The van der Waals surface area contributed by atoms with E-state index in [0.29, 0.717) is 0 Å². The highest BCUT2D eigenvalue weighted by atomic mass is 35.5. The van der Waals surface area contributed by atoms with E-state index in [9.17, 15) is 0 Å². The lowest BCUT2D eigenvalue weighted by Crippen LogP contribution is -2.24. The van der Waals surface area contributed by atoms with Crippen molar-refractivity contribution in [1.82, 2.24) is 0 Å². The van der Waals surface area contributed by atoms with Gasteiger partial charge in [-0.05, 0) is 31.4 Å². The first-order valence-corrected chi connectivity index (χ1v) is 6.49. The van der Waals surface area contributed by atoms with E-state index in [1.807, 2.05) is 12.1 Å². The largest absolute Gasteiger partial charge is 0.381 e. The molecular formula is C11H18ClNOS. The first-order chi connectivity index (χ1) is 7.22. The van der Waals surface area contributed by atoms with E-state index in [0.717, 1.165) is 36.8 Å². The van der Waals surface area contributed by atoms with Crippen LogP contribution < -0.4 is 5.73 Å². The fourth-order valence-electron chi connectivity index (χ4n) is 1.30. The Hall–Kier alpha value is -0.0900. The van der Waals surface area contributed by atoms with Crippen LogP contribution in [-0.2, 0) is 11.2 Å². The van der Waals surface area contributed by atoms with E-state index < -0.39 is 0 Å². The van der Waals surface area contributed by atoms with E-state index in [-0.39, 0.29) is 6.04 Å². The molecule has 0 aliphatic rings. The summed E-state index contributed by atoms with van der Waals surface area (Å²) in [6, 6.07) is 4.14. The summed E-state index contributed by atoms with van der Waals surface area (Å²) in [6.07, 6.45) is 2.87. The van der Waals surface area contributed by atoms with Crippen molar-refractivity contribution in [3.8, 4) is 0 Å². The van der Waals surface area contributed by atoms with Crippen LogP contribution in [-0.4, -0.2) is 19.3 Å². The van der Waals surface area contributed by atoms with Crippen molar-refractivity contribution >= 4 is 22.9 Å². The molecule has 15 heavy (non-hydrogen) atoms. The second-order valence-electron chi connectivity index (χ2n) is 3.57. The molecule has 0 amide bonds. The maximum Gasteiger partial charge on any atom is 0.0931 e. The fourth-order valence-corrected chi connectivity index (χ4v) is 2.48. The second kappa shape index (κ2) is 7.23. The normalized spacial score (nSPS) is 13.0. The Bertz CT molecular complexity index is 277. The zero-order chi connectivity index (χ0) is 11.1. The van der Waals surface area contributed by atoms with Crippen molar-refractivity contribution in [3.05, 3.63) is 21.3 Å². The van der Waals surface area contributed by atoms with Crippen molar-refractivity contribution in [1.29, 1.82) is 0 Å². The Morgan fingerprint density at radius 3 is 2.87 bits per heavy atom. The van der Waals surface area contributed by atoms with E-state index in [1.54, 1.807) is 11.3 Å². The molecule has 86 valence electrons. The Morgan fingerprint density at radius 2 is 2.27 bits per heavy atom. The van der Waals surface area contributed by atoms with Crippen molar-refractivity contribution in [3.63, 3.8) is 0 Å². The maximum absolute atomic E-state index is 5.98. The van der Waals surface area contributed by atoms with Crippen LogP contribution >= 0.6 is 22.9 Å². The molecule has 0 saturated heterocycles. The minimum atomic E-state index is 0.177. The number of thiophene rings is 1. The average molecular weight is 248 g/mol. The molecule has 0 spiro atoms. The quantitative estimate of drug-likeness (QED) is 0.752. The summed E-state index contributed by atoms with van der Waals surface area (Å²) in [4.78, 5) is 1.25. The molecule has 1 aromatic rings. The first-order valence-electron chi connectivity index (χ1n) is 5.30. The molecule has 2 N–H and O–H groups in total. The van der Waals surface area contributed by atoms with Gasteiger partial charge in [0.05, 0.1) is 4.34 Å². The van der Waals surface area contributed by atoms with Gasteiger partial charge in [0.1, 0.15) is 0 Å². The Balaban J connectivity index is 2.15. The van der Waals surface area contributed by atoms with Crippen LogP contribution in [0.25, 0.3) is 0 Å². The molecule has 0 bridgehead atoms. The molecule has 1 unspecified atom stereocenters. The van der Waals surface area contributed by atoms with Gasteiger partial charge in [-0.2, -0.15) is 0 Å². The van der Waals surface area contributed by atoms with Crippen LogP contribution in [0.5, 0.6) is 0 Å². The van der Waals surface area contributed by atoms with Gasteiger partial charge in [-0.1, -0.05) is 18.5 Å². The summed E-state index contributed by atoms with van der Waals surface area (Å²) in [5.41, 5.74) is 5.98. The predicted molar refractivity (Wildman–Crippen MR) is 66.7 cm³/mol. The average Bonchev–Trinajstić information content (AvgIpc) is 2.59. The Morgan fingerprint density at radius 1 is 1.47 bits per heavy atom. The van der Waals surface area contributed by atoms with Gasteiger partial charge in [-0.3, -0.25) is 0 Å². The third kappa shape index (κ3) is 5.52. The summed E-state index contributed by atoms with van der Waals surface area (Å²) in [5.74, 6) is 0. The SMILES string of the molecule is CCCOCCC(N)Cc1ccc(Cl)s1. The van der Waals surface area contributed by atoms with Gasteiger partial charge in [0.25, 0.3) is 0 Å². The molecule has 1 heterocycles. The standard InChI is InChI=1S/C11H18ClNOS/c1-2-6-14-7-5-9(13)8-10-3-4-11(12)15-10/h3-4,9H,2,5-8,13H2,1H3. The van der Waals surface area contributed by atoms with Gasteiger partial charge in [-0.15, -0.1) is 11.3 Å². The molecule has 0 radical (unpaired) electrons. The van der Waals surface area contributed by atoms with Gasteiger partial charge in [0.15, 0.2) is 0 Å². The molecule has 0 aromatic carbocycles. The highest BCUT2D eigenvalue weighted by molar-refractivity contribution is 7.16. The minimum absolute atomic E-state index is 0.177. The van der Waals surface area contributed by atoms with Crippen LogP contribution in [0.4, 0.5) is 0 Å². The molecule has 1 rings (SSSR count). The molecule has 1 atom stereocenters. The third-order valence-electron chi connectivity index (χ3n) is 2.07. The van der Waals surface area contributed by atoms with Crippen LogP contribution in [0.15, 0.2) is 12.1 Å². The van der Waals surface area contributed by atoms with E-state index >= 15 is 0 Å². The van der Waals surface area contributed by atoms with Gasteiger partial charge in [-0.25, -0.2) is 0 Å². The molecule has 0 saturated carbocycles. The molecule has 0 fully saturated rings. The lowest BCUT2D eigenvalue weighted by atomic mass is 10.1. The van der Waals surface area contributed by atoms with Gasteiger partial charge < -0.3 is 10.5 Å². The number of ether oxygens (including phenoxy) is 1. The fraction of sp³-hybridized carbons (Fsp3) is 0.636. The summed E-state index contributed by atoms with van der Waals surface area (Å²) >= 11 is 7.45. The lowest BCUT2D eigenvalue weighted by Gasteiger charge is -2.10. The smallest absolute Gasteiger partial charge is 0.0931 e. The number of hydrogen-bond donors (Lipinski definition) is 1. The van der Waals surface area contributed by atoms with Crippen LogP contribution in [0.3, 0.4) is 0 Å². The second-order valence-corrected chi connectivity index (χ2v) is 5.37.